The number of amides is 1. The number of hydrogen-bond acceptors (Lipinski definition) is 5. The monoisotopic (exact) mass is 351 g/mol. The first-order valence-electron chi connectivity index (χ1n) is 8.58. The first-order chi connectivity index (χ1) is 12.7. The average molecular weight is 351 g/mol. The smallest absolute Gasteiger partial charge is 0.248 e. The molecule has 0 aliphatic heterocycles. The average Bonchev–Trinajstić information content (AvgIpc) is 3.12. The Bertz CT molecular complexity index is 874. The summed E-state index contributed by atoms with van der Waals surface area (Å²) in [5.74, 6) is 0.879. The number of hydrogen-bond donors (Lipinski definition) is 1. The van der Waals surface area contributed by atoms with E-state index in [1.165, 1.54) is 10.4 Å². The molecule has 1 aromatic heterocycles. The molecule has 0 atom stereocenters. The zero-order chi connectivity index (χ0) is 18.4. The first kappa shape index (κ1) is 17.6. The Kier molecular flexibility index (Phi) is 5.58. The topological polar surface area (TPSA) is 81.9 Å². The van der Waals surface area contributed by atoms with Crippen LogP contribution in [0.15, 0.2) is 48.5 Å². The lowest BCUT2D eigenvalue weighted by atomic mass is 10.1. The zero-order valence-electron chi connectivity index (χ0n) is 14.8. The maximum absolute atomic E-state index is 12.3. The van der Waals surface area contributed by atoms with Crippen LogP contribution in [0.3, 0.4) is 0 Å². The number of nitrogens with zero attached hydrogens (tertiary/aromatic N) is 4. The van der Waals surface area contributed by atoms with E-state index >= 15 is 0 Å². The molecule has 1 heterocycles. The van der Waals surface area contributed by atoms with Crippen molar-refractivity contribution in [2.75, 3.05) is 11.9 Å². The van der Waals surface area contributed by atoms with Crippen molar-refractivity contribution in [2.24, 2.45) is 0 Å². The summed E-state index contributed by atoms with van der Waals surface area (Å²) in [5.41, 5.74) is 2.74. The van der Waals surface area contributed by atoms with Gasteiger partial charge in [-0.15, -0.1) is 10.2 Å². The van der Waals surface area contributed by atoms with Gasteiger partial charge in [0.05, 0.1) is 12.3 Å². The summed E-state index contributed by atoms with van der Waals surface area (Å²) in [4.78, 5) is 13.6. The number of anilines is 1. The van der Waals surface area contributed by atoms with Crippen LogP contribution in [0.4, 0.5) is 5.69 Å². The van der Waals surface area contributed by atoms with Crippen LogP contribution in [0.25, 0.3) is 11.4 Å². The number of carbonyl (C=O) groups is 1. The number of nitrogens with one attached hydrogen (secondary N) is 1. The SMILES string of the molecule is CCOc1ccccc1NC(=O)Cn1nnc(-c2ccc(CC)cc2)n1. The number of aryl methyl sites for hydroxylation is 1. The lowest BCUT2D eigenvalue weighted by molar-refractivity contribution is -0.117. The van der Waals surface area contributed by atoms with Gasteiger partial charge >= 0.3 is 0 Å². The number of aromatic nitrogens is 4. The zero-order valence-corrected chi connectivity index (χ0v) is 14.8. The molecule has 1 amide bonds. The molecule has 7 heteroatoms. The molecule has 0 saturated heterocycles. The number of carbonyl (C=O) groups excluding carboxylic acids is 1. The van der Waals surface area contributed by atoms with E-state index in [1.54, 1.807) is 6.07 Å². The summed E-state index contributed by atoms with van der Waals surface area (Å²) in [5, 5.41) is 15.1. The quantitative estimate of drug-likeness (QED) is 0.708. The summed E-state index contributed by atoms with van der Waals surface area (Å²) in [6, 6.07) is 15.3. The van der Waals surface area contributed by atoms with Crippen LogP contribution in [0.1, 0.15) is 19.4 Å². The van der Waals surface area contributed by atoms with E-state index in [2.05, 4.69) is 27.7 Å². The highest BCUT2D eigenvalue weighted by Gasteiger charge is 2.11. The van der Waals surface area contributed by atoms with Gasteiger partial charge in [0.25, 0.3) is 0 Å². The Morgan fingerprint density at radius 3 is 2.62 bits per heavy atom. The van der Waals surface area contributed by atoms with Crippen LogP contribution in [0.5, 0.6) is 5.75 Å². The summed E-state index contributed by atoms with van der Waals surface area (Å²) in [7, 11) is 0. The molecule has 3 aromatic rings. The fourth-order valence-corrected chi connectivity index (χ4v) is 2.48. The van der Waals surface area contributed by atoms with Gasteiger partial charge in [0, 0.05) is 5.56 Å². The molecule has 0 saturated carbocycles. The summed E-state index contributed by atoms with van der Waals surface area (Å²) in [6.07, 6.45) is 0.976. The van der Waals surface area contributed by atoms with Crippen LogP contribution >= 0.6 is 0 Å². The van der Waals surface area contributed by atoms with E-state index in [0.29, 0.717) is 23.9 Å². The maximum Gasteiger partial charge on any atom is 0.248 e. The minimum Gasteiger partial charge on any atom is -0.492 e. The molecule has 0 fully saturated rings. The third-order valence-corrected chi connectivity index (χ3v) is 3.82. The summed E-state index contributed by atoms with van der Waals surface area (Å²) in [6.45, 7) is 4.50. The Morgan fingerprint density at radius 1 is 1.12 bits per heavy atom. The van der Waals surface area contributed by atoms with Gasteiger partial charge in [-0.2, -0.15) is 4.80 Å². The molecule has 3 rings (SSSR count). The predicted octanol–water partition coefficient (Wildman–Crippen LogP) is 2.94. The highest BCUT2D eigenvalue weighted by atomic mass is 16.5. The highest BCUT2D eigenvalue weighted by molar-refractivity contribution is 5.92. The van der Waals surface area contributed by atoms with Gasteiger partial charge in [0.1, 0.15) is 12.3 Å². The molecule has 2 aromatic carbocycles. The number of benzene rings is 2. The Morgan fingerprint density at radius 2 is 1.88 bits per heavy atom. The van der Waals surface area contributed by atoms with Crippen molar-refractivity contribution < 1.29 is 9.53 Å². The molecule has 0 unspecified atom stereocenters. The molecule has 0 radical (unpaired) electrons. The molecule has 134 valence electrons. The van der Waals surface area contributed by atoms with Crippen LogP contribution in [0.2, 0.25) is 0 Å². The van der Waals surface area contributed by atoms with Crippen molar-refractivity contribution in [3.05, 3.63) is 54.1 Å². The molecule has 7 nitrogen and oxygen atoms in total. The van der Waals surface area contributed by atoms with Crippen molar-refractivity contribution in [2.45, 2.75) is 26.8 Å². The van der Waals surface area contributed by atoms with Crippen LogP contribution in [-0.4, -0.2) is 32.7 Å². The van der Waals surface area contributed by atoms with E-state index < -0.39 is 0 Å². The van der Waals surface area contributed by atoms with Crippen molar-refractivity contribution >= 4 is 11.6 Å². The van der Waals surface area contributed by atoms with E-state index in [9.17, 15) is 4.79 Å². The Balaban J connectivity index is 1.66. The van der Waals surface area contributed by atoms with Gasteiger partial charge in [-0.05, 0) is 36.3 Å². The summed E-state index contributed by atoms with van der Waals surface area (Å²) >= 11 is 0. The van der Waals surface area contributed by atoms with Crippen molar-refractivity contribution in [3.63, 3.8) is 0 Å². The third-order valence-electron chi connectivity index (χ3n) is 3.82. The number of rotatable bonds is 7. The van der Waals surface area contributed by atoms with E-state index in [-0.39, 0.29) is 12.5 Å². The third kappa shape index (κ3) is 4.24. The minimum absolute atomic E-state index is 0.0273. The lowest BCUT2D eigenvalue weighted by Gasteiger charge is -2.10. The lowest BCUT2D eigenvalue weighted by Crippen LogP contribution is -2.20. The summed E-state index contributed by atoms with van der Waals surface area (Å²) < 4.78 is 5.50. The van der Waals surface area contributed by atoms with Gasteiger partial charge in [0.2, 0.25) is 11.7 Å². The second-order valence-electron chi connectivity index (χ2n) is 5.67. The predicted molar refractivity (Wildman–Crippen MR) is 98.9 cm³/mol. The van der Waals surface area contributed by atoms with E-state index in [4.69, 9.17) is 4.74 Å². The van der Waals surface area contributed by atoms with Crippen molar-refractivity contribution in [1.82, 2.24) is 20.2 Å². The van der Waals surface area contributed by atoms with E-state index in [0.717, 1.165) is 12.0 Å². The van der Waals surface area contributed by atoms with Gasteiger partial charge in [0.15, 0.2) is 0 Å². The fraction of sp³-hybridized carbons (Fsp3) is 0.263. The van der Waals surface area contributed by atoms with Crippen LogP contribution in [-0.2, 0) is 17.8 Å². The standard InChI is InChI=1S/C19H21N5O2/c1-3-14-9-11-15(12-10-14)19-21-23-24(22-19)13-18(25)20-16-7-5-6-8-17(16)26-4-2/h5-12H,3-4,13H2,1-2H3,(H,20,25). The number of para-hydroxylation sites is 2. The molecule has 0 bridgehead atoms. The second-order valence-corrected chi connectivity index (χ2v) is 5.67. The first-order valence-corrected chi connectivity index (χ1v) is 8.58. The molecule has 0 spiro atoms. The van der Waals surface area contributed by atoms with Gasteiger partial charge in [-0.3, -0.25) is 4.79 Å². The highest BCUT2D eigenvalue weighted by Crippen LogP contribution is 2.23. The molecular formula is C19H21N5O2. The van der Waals surface area contributed by atoms with Crippen molar-refractivity contribution in [1.29, 1.82) is 0 Å². The molecule has 26 heavy (non-hydrogen) atoms. The molecule has 0 aliphatic rings. The maximum atomic E-state index is 12.3. The second kappa shape index (κ2) is 8.24. The Labute approximate surface area is 152 Å². The fourth-order valence-electron chi connectivity index (χ4n) is 2.48. The minimum atomic E-state index is -0.248. The van der Waals surface area contributed by atoms with Gasteiger partial charge in [-0.1, -0.05) is 43.3 Å². The normalized spacial score (nSPS) is 10.5. The van der Waals surface area contributed by atoms with Crippen LogP contribution < -0.4 is 10.1 Å². The molecule has 0 aliphatic carbocycles. The van der Waals surface area contributed by atoms with Gasteiger partial charge in [-0.25, -0.2) is 0 Å². The molecule has 1 N–H and O–H groups in total. The molecular weight excluding hydrogens is 330 g/mol. The number of ether oxygens (including phenoxy) is 1. The van der Waals surface area contributed by atoms with Crippen molar-refractivity contribution in [3.8, 4) is 17.1 Å². The largest absolute Gasteiger partial charge is 0.492 e. The van der Waals surface area contributed by atoms with Gasteiger partial charge < -0.3 is 10.1 Å². The van der Waals surface area contributed by atoms with Crippen LogP contribution in [0, 0.1) is 0 Å². The van der Waals surface area contributed by atoms with E-state index in [1.807, 2.05) is 49.4 Å². The number of tetrazole rings is 1. The Hall–Kier alpha value is -3.22.